The molecule has 1 heterocycles. The molecule has 7 heteroatoms. The Balaban J connectivity index is 1.78. The van der Waals surface area contributed by atoms with Gasteiger partial charge < -0.3 is 5.32 Å². The monoisotopic (exact) mass is 462 g/mol. The van der Waals surface area contributed by atoms with Crippen LogP contribution in [0.5, 0.6) is 0 Å². The Morgan fingerprint density at radius 2 is 1.65 bits per heavy atom. The number of rotatable bonds is 5. The summed E-state index contributed by atoms with van der Waals surface area (Å²) in [5.74, 6) is -0.334. The summed E-state index contributed by atoms with van der Waals surface area (Å²) in [5, 5.41) is 3.09. The SMILES string of the molecule is C[C@H](NC(=O)c1ccc(Cl)c(S(=O)(=O)N2CCCCC2)c1)c1ccc(C(C)(C)C)cc1. The molecule has 0 saturated carbocycles. The first kappa shape index (κ1) is 23.8. The minimum absolute atomic E-state index is 0.00843. The van der Waals surface area contributed by atoms with Crippen molar-refractivity contribution >= 4 is 27.5 Å². The summed E-state index contributed by atoms with van der Waals surface area (Å²) in [6.07, 6.45) is 2.70. The van der Waals surface area contributed by atoms with Gasteiger partial charge in [-0.3, -0.25) is 4.79 Å². The second-order valence-corrected chi connectivity index (χ2v) is 11.5. The van der Waals surface area contributed by atoms with Gasteiger partial charge in [0.1, 0.15) is 4.90 Å². The predicted octanol–water partition coefficient (Wildman–Crippen LogP) is 5.30. The number of piperidine rings is 1. The highest BCUT2D eigenvalue weighted by atomic mass is 35.5. The van der Waals surface area contributed by atoms with Crippen LogP contribution in [-0.4, -0.2) is 31.7 Å². The molecule has 1 N–H and O–H groups in total. The van der Waals surface area contributed by atoms with Gasteiger partial charge in [-0.1, -0.05) is 63.1 Å². The highest BCUT2D eigenvalue weighted by molar-refractivity contribution is 7.89. The van der Waals surface area contributed by atoms with Gasteiger partial charge in [0, 0.05) is 18.7 Å². The zero-order chi connectivity index (χ0) is 22.8. The molecule has 1 aliphatic rings. The molecule has 1 fully saturated rings. The fraction of sp³-hybridized carbons (Fsp3) is 0.458. The van der Waals surface area contributed by atoms with Crippen molar-refractivity contribution in [2.24, 2.45) is 0 Å². The Bertz CT molecular complexity index is 1040. The van der Waals surface area contributed by atoms with Gasteiger partial charge in [0.15, 0.2) is 0 Å². The maximum Gasteiger partial charge on any atom is 0.251 e. The van der Waals surface area contributed by atoms with Crippen LogP contribution < -0.4 is 5.32 Å². The molecule has 5 nitrogen and oxygen atoms in total. The van der Waals surface area contributed by atoms with Gasteiger partial charge in [-0.25, -0.2) is 8.42 Å². The average molecular weight is 463 g/mol. The van der Waals surface area contributed by atoms with Crippen LogP contribution in [0.25, 0.3) is 0 Å². The van der Waals surface area contributed by atoms with Crippen LogP contribution >= 0.6 is 11.6 Å². The lowest BCUT2D eigenvalue weighted by Crippen LogP contribution is -2.36. The lowest BCUT2D eigenvalue weighted by Gasteiger charge is -2.26. The van der Waals surface area contributed by atoms with Gasteiger partial charge in [-0.15, -0.1) is 0 Å². The zero-order valence-corrected chi connectivity index (χ0v) is 20.2. The average Bonchev–Trinajstić information content (AvgIpc) is 2.74. The Hall–Kier alpha value is -1.89. The quantitative estimate of drug-likeness (QED) is 0.655. The summed E-state index contributed by atoms with van der Waals surface area (Å²) < 4.78 is 27.6. The molecule has 168 valence electrons. The summed E-state index contributed by atoms with van der Waals surface area (Å²) >= 11 is 6.22. The first-order chi connectivity index (χ1) is 14.5. The number of benzene rings is 2. The number of nitrogens with zero attached hydrogens (tertiary/aromatic N) is 1. The van der Waals surface area contributed by atoms with Gasteiger partial charge in [-0.2, -0.15) is 4.31 Å². The zero-order valence-electron chi connectivity index (χ0n) is 18.6. The highest BCUT2D eigenvalue weighted by Crippen LogP contribution is 2.28. The number of amides is 1. The van der Waals surface area contributed by atoms with Crippen LogP contribution in [0.2, 0.25) is 5.02 Å². The molecule has 1 saturated heterocycles. The van der Waals surface area contributed by atoms with Crippen LogP contribution in [0.3, 0.4) is 0 Å². The van der Waals surface area contributed by atoms with E-state index in [-0.39, 0.29) is 32.8 Å². The van der Waals surface area contributed by atoms with Crippen molar-refractivity contribution in [2.45, 2.75) is 63.3 Å². The summed E-state index contributed by atoms with van der Waals surface area (Å²) in [6, 6.07) is 12.4. The summed E-state index contributed by atoms with van der Waals surface area (Å²) in [4.78, 5) is 12.9. The first-order valence-electron chi connectivity index (χ1n) is 10.7. The van der Waals surface area contributed by atoms with Gasteiger partial charge in [0.25, 0.3) is 5.91 Å². The van der Waals surface area contributed by atoms with Crippen molar-refractivity contribution in [2.75, 3.05) is 13.1 Å². The standard InChI is InChI=1S/C24H31ClN2O3S/c1-17(18-8-11-20(12-9-18)24(2,3)4)26-23(28)19-10-13-21(25)22(16-19)31(29,30)27-14-6-5-7-15-27/h8-13,16-17H,5-7,14-15H2,1-4H3,(H,26,28)/t17-/m0/s1. The van der Waals surface area contributed by atoms with Gasteiger partial charge in [-0.05, 0) is 54.5 Å². The number of nitrogens with one attached hydrogen (secondary N) is 1. The fourth-order valence-corrected chi connectivity index (χ4v) is 5.74. The van der Waals surface area contributed by atoms with Crippen molar-refractivity contribution < 1.29 is 13.2 Å². The molecule has 3 rings (SSSR count). The van der Waals surface area contributed by atoms with Crippen molar-refractivity contribution in [3.63, 3.8) is 0 Å². The lowest BCUT2D eigenvalue weighted by atomic mass is 9.86. The molecule has 0 spiro atoms. The first-order valence-corrected chi connectivity index (χ1v) is 12.5. The number of halogens is 1. The smallest absolute Gasteiger partial charge is 0.251 e. The molecular weight excluding hydrogens is 432 g/mol. The van der Waals surface area contributed by atoms with Gasteiger partial charge in [0.2, 0.25) is 10.0 Å². The summed E-state index contributed by atoms with van der Waals surface area (Å²) in [7, 11) is -3.73. The second kappa shape index (κ2) is 9.31. The molecule has 1 amide bonds. The molecule has 31 heavy (non-hydrogen) atoms. The minimum Gasteiger partial charge on any atom is -0.346 e. The highest BCUT2D eigenvalue weighted by Gasteiger charge is 2.29. The van der Waals surface area contributed by atoms with E-state index < -0.39 is 10.0 Å². The topological polar surface area (TPSA) is 66.5 Å². The van der Waals surface area contributed by atoms with E-state index in [1.54, 1.807) is 6.07 Å². The second-order valence-electron chi connectivity index (χ2n) is 9.18. The van der Waals surface area contributed by atoms with Crippen LogP contribution in [-0.2, 0) is 15.4 Å². The van der Waals surface area contributed by atoms with Crippen LogP contribution in [0.1, 0.15) is 74.5 Å². The van der Waals surface area contributed by atoms with Crippen LogP contribution in [0, 0.1) is 0 Å². The van der Waals surface area contributed by atoms with Crippen molar-refractivity contribution in [1.82, 2.24) is 9.62 Å². The summed E-state index contributed by atoms with van der Waals surface area (Å²) in [5.41, 5.74) is 2.54. The van der Waals surface area contributed by atoms with Gasteiger partial charge in [0.05, 0.1) is 11.1 Å². The minimum atomic E-state index is -3.73. The normalized spacial score (nSPS) is 16.7. The predicted molar refractivity (Wildman–Crippen MR) is 125 cm³/mol. The Kier molecular flexibility index (Phi) is 7.14. The third-order valence-electron chi connectivity index (χ3n) is 5.75. The maximum atomic E-state index is 13.0. The number of hydrogen-bond donors (Lipinski definition) is 1. The molecule has 0 bridgehead atoms. The molecular formula is C24H31ClN2O3S. The molecule has 1 aliphatic heterocycles. The van der Waals surface area contributed by atoms with Crippen molar-refractivity contribution in [3.8, 4) is 0 Å². The molecule has 1 atom stereocenters. The number of sulfonamides is 1. The summed E-state index contributed by atoms with van der Waals surface area (Å²) in [6.45, 7) is 9.34. The van der Waals surface area contributed by atoms with E-state index in [4.69, 9.17) is 11.6 Å². The molecule has 2 aromatic rings. The van der Waals surface area contributed by atoms with E-state index >= 15 is 0 Å². The van der Waals surface area contributed by atoms with Crippen molar-refractivity contribution in [1.29, 1.82) is 0 Å². The largest absolute Gasteiger partial charge is 0.346 e. The van der Waals surface area contributed by atoms with E-state index in [1.165, 1.54) is 22.0 Å². The van der Waals surface area contributed by atoms with Gasteiger partial charge >= 0.3 is 0 Å². The molecule has 2 aromatic carbocycles. The number of carbonyl (C=O) groups is 1. The lowest BCUT2D eigenvalue weighted by molar-refractivity contribution is 0.0939. The van der Waals surface area contributed by atoms with E-state index in [0.717, 1.165) is 24.8 Å². The van der Waals surface area contributed by atoms with E-state index in [0.29, 0.717) is 13.1 Å². The van der Waals surface area contributed by atoms with Crippen molar-refractivity contribution in [3.05, 3.63) is 64.2 Å². The molecule has 0 aromatic heterocycles. The molecule has 0 unspecified atom stereocenters. The third-order valence-corrected chi connectivity index (χ3v) is 8.13. The molecule has 0 aliphatic carbocycles. The van der Waals surface area contributed by atoms with Crippen LogP contribution in [0.4, 0.5) is 0 Å². The third kappa shape index (κ3) is 5.48. The number of carbonyl (C=O) groups excluding carboxylic acids is 1. The number of hydrogen-bond acceptors (Lipinski definition) is 3. The fourth-order valence-electron chi connectivity index (χ4n) is 3.72. The Morgan fingerprint density at radius 3 is 2.23 bits per heavy atom. The maximum absolute atomic E-state index is 13.0. The Morgan fingerprint density at radius 1 is 1.03 bits per heavy atom. The Labute approximate surface area is 190 Å². The molecule has 0 radical (unpaired) electrons. The van der Waals surface area contributed by atoms with E-state index in [1.807, 2.05) is 19.1 Å². The van der Waals surface area contributed by atoms with E-state index in [9.17, 15) is 13.2 Å². The van der Waals surface area contributed by atoms with E-state index in [2.05, 4.69) is 38.2 Å². The van der Waals surface area contributed by atoms with Crippen LogP contribution in [0.15, 0.2) is 47.4 Å².